The number of hydrogen-bond donors (Lipinski definition) is 1. The number of carbonyl (C=O) groups is 1. The smallest absolute Gasteiger partial charge is 0.224 e. The standard InChI is InChI=1S/C19H16ClNO/c20-17-10-8-14(9-11-17)13-21-19(22)12-16-6-3-5-15-4-1-2-7-18(15)16/h1-11H,12-13H2,(H,21,22). The van der Waals surface area contributed by atoms with E-state index < -0.39 is 0 Å². The Morgan fingerprint density at radius 1 is 0.909 bits per heavy atom. The van der Waals surface area contributed by atoms with Gasteiger partial charge in [-0.2, -0.15) is 0 Å². The summed E-state index contributed by atoms with van der Waals surface area (Å²) in [5.41, 5.74) is 2.09. The van der Waals surface area contributed by atoms with Gasteiger partial charge < -0.3 is 5.32 Å². The Labute approximate surface area is 134 Å². The van der Waals surface area contributed by atoms with E-state index in [0.717, 1.165) is 21.9 Å². The third kappa shape index (κ3) is 3.46. The maximum atomic E-state index is 12.2. The normalized spacial score (nSPS) is 10.6. The SMILES string of the molecule is O=C(Cc1cccc2ccccc12)NCc1ccc(Cl)cc1. The van der Waals surface area contributed by atoms with Crippen LogP contribution >= 0.6 is 11.6 Å². The van der Waals surface area contributed by atoms with Gasteiger partial charge in [-0.25, -0.2) is 0 Å². The summed E-state index contributed by atoms with van der Waals surface area (Å²) in [5.74, 6) is 0.0197. The Balaban J connectivity index is 1.67. The molecule has 3 aromatic carbocycles. The second-order valence-corrected chi connectivity index (χ2v) is 5.65. The highest BCUT2D eigenvalue weighted by Gasteiger charge is 2.06. The lowest BCUT2D eigenvalue weighted by Crippen LogP contribution is -2.24. The van der Waals surface area contributed by atoms with Crippen molar-refractivity contribution in [2.75, 3.05) is 0 Å². The lowest BCUT2D eigenvalue weighted by atomic mass is 10.0. The van der Waals surface area contributed by atoms with Crippen molar-refractivity contribution in [3.63, 3.8) is 0 Å². The zero-order valence-electron chi connectivity index (χ0n) is 12.1. The van der Waals surface area contributed by atoms with Gasteiger partial charge in [0.2, 0.25) is 5.91 Å². The Morgan fingerprint density at radius 2 is 1.64 bits per heavy atom. The number of nitrogens with one attached hydrogen (secondary N) is 1. The molecular formula is C19H16ClNO. The monoisotopic (exact) mass is 309 g/mol. The number of benzene rings is 3. The Hall–Kier alpha value is -2.32. The first-order chi connectivity index (χ1) is 10.7. The molecule has 3 heteroatoms. The number of amides is 1. The molecule has 0 spiro atoms. The minimum absolute atomic E-state index is 0.0197. The first kappa shape index (κ1) is 14.6. The molecule has 0 radical (unpaired) electrons. The van der Waals surface area contributed by atoms with Gasteiger partial charge in [-0.1, -0.05) is 66.2 Å². The van der Waals surface area contributed by atoms with E-state index in [9.17, 15) is 4.79 Å². The largest absolute Gasteiger partial charge is 0.352 e. The summed E-state index contributed by atoms with van der Waals surface area (Å²) in [4.78, 5) is 12.2. The van der Waals surface area contributed by atoms with Crippen molar-refractivity contribution in [3.8, 4) is 0 Å². The molecule has 0 bridgehead atoms. The lowest BCUT2D eigenvalue weighted by Gasteiger charge is -2.08. The fourth-order valence-corrected chi connectivity index (χ4v) is 2.61. The van der Waals surface area contributed by atoms with Crippen molar-refractivity contribution >= 4 is 28.3 Å². The van der Waals surface area contributed by atoms with Gasteiger partial charge in [0.15, 0.2) is 0 Å². The van der Waals surface area contributed by atoms with Crippen LogP contribution in [0, 0.1) is 0 Å². The third-order valence-corrected chi connectivity index (χ3v) is 3.89. The zero-order chi connectivity index (χ0) is 15.4. The molecular weight excluding hydrogens is 294 g/mol. The zero-order valence-corrected chi connectivity index (χ0v) is 12.8. The molecule has 0 aromatic heterocycles. The highest BCUT2D eigenvalue weighted by molar-refractivity contribution is 6.30. The Bertz CT molecular complexity index is 791. The summed E-state index contributed by atoms with van der Waals surface area (Å²) in [6.07, 6.45) is 0.384. The molecule has 0 fully saturated rings. The molecule has 0 aliphatic heterocycles. The van der Waals surface area contributed by atoms with E-state index in [1.807, 2.05) is 48.5 Å². The lowest BCUT2D eigenvalue weighted by molar-refractivity contribution is -0.120. The van der Waals surface area contributed by atoms with E-state index in [2.05, 4.69) is 23.5 Å². The summed E-state index contributed by atoms with van der Waals surface area (Å²) in [6.45, 7) is 0.515. The van der Waals surface area contributed by atoms with Crippen LogP contribution in [0.2, 0.25) is 5.02 Å². The van der Waals surface area contributed by atoms with Crippen molar-refractivity contribution < 1.29 is 4.79 Å². The van der Waals surface area contributed by atoms with Crippen LogP contribution in [0.25, 0.3) is 10.8 Å². The number of rotatable bonds is 4. The second kappa shape index (κ2) is 6.63. The third-order valence-electron chi connectivity index (χ3n) is 3.63. The van der Waals surface area contributed by atoms with E-state index in [1.165, 1.54) is 0 Å². The average molecular weight is 310 g/mol. The van der Waals surface area contributed by atoms with Crippen LogP contribution in [-0.2, 0) is 17.8 Å². The van der Waals surface area contributed by atoms with Crippen LogP contribution in [0.3, 0.4) is 0 Å². The van der Waals surface area contributed by atoms with E-state index in [0.29, 0.717) is 18.0 Å². The quantitative estimate of drug-likeness (QED) is 0.762. The second-order valence-electron chi connectivity index (χ2n) is 5.22. The molecule has 0 atom stereocenters. The predicted molar refractivity (Wildman–Crippen MR) is 91.0 cm³/mol. The summed E-state index contributed by atoms with van der Waals surface area (Å²) in [6, 6.07) is 21.7. The minimum atomic E-state index is 0.0197. The number of halogens is 1. The van der Waals surface area contributed by atoms with Crippen LogP contribution in [-0.4, -0.2) is 5.91 Å². The van der Waals surface area contributed by atoms with Gasteiger partial charge >= 0.3 is 0 Å². The predicted octanol–water partition coefficient (Wildman–Crippen LogP) is 4.35. The van der Waals surface area contributed by atoms with Gasteiger partial charge in [-0.15, -0.1) is 0 Å². The Kier molecular flexibility index (Phi) is 4.40. The molecule has 1 N–H and O–H groups in total. The van der Waals surface area contributed by atoms with Crippen LogP contribution in [0.5, 0.6) is 0 Å². The van der Waals surface area contributed by atoms with E-state index in [4.69, 9.17) is 11.6 Å². The maximum Gasteiger partial charge on any atom is 0.224 e. The van der Waals surface area contributed by atoms with E-state index >= 15 is 0 Å². The van der Waals surface area contributed by atoms with Crippen LogP contribution in [0.1, 0.15) is 11.1 Å². The first-order valence-electron chi connectivity index (χ1n) is 7.20. The fraction of sp³-hybridized carbons (Fsp3) is 0.105. The van der Waals surface area contributed by atoms with Crippen molar-refractivity contribution in [2.45, 2.75) is 13.0 Å². The topological polar surface area (TPSA) is 29.1 Å². The van der Waals surface area contributed by atoms with E-state index in [-0.39, 0.29) is 5.91 Å². The summed E-state index contributed by atoms with van der Waals surface area (Å²) in [5, 5.41) is 5.94. The Morgan fingerprint density at radius 3 is 2.45 bits per heavy atom. The molecule has 0 aliphatic carbocycles. The van der Waals surface area contributed by atoms with Gasteiger partial charge in [-0.05, 0) is 34.0 Å². The van der Waals surface area contributed by atoms with Crippen molar-refractivity contribution in [2.24, 2.45) is 0 Å². The minimum Gasteiger partial charge on any atom is -0.352 e. The maximum absolute atomic E-state index is 12.2. The molecule has 2 nitrogen and oxygen atoms in total. The average Bonchev–Trinajstić information content (AvgIpc) is 2.55. The van der Waals surface area contributed by atoms with Crippen LogP contribution in [0.4, 0.5) is 0 Å². The molecule has 1 amide bonds. The van der Waals surface area contributed by atoms with E-state index in [1.54, 1.807) is 0 Å². The van der Waals surface area contributed by atoms with Crippen molar-refractivity contribution in [1.82, 2.24) is 5.32 Å². The molecule has 0 saturated heterocycles. The van der Waals surface area contributed by atoms with Gasteiger partial charge in [-0.3, -0.25) is 4.79 Å². The highest BCUT2D eigenvalue weighted by Crippen LogP contribution is 2.18. The number of carbonyl (C=O) groups excluding carboxylic acids is 1. The molecule has 0 heterocycles. The molecule has 0 unspecified atom stereocenters. The fourth-order valence-electron chi connectivity index (χ4n) is 2.49. The van der Waals surface area contributed by atoms with Crippen LogP contribution in [0.15, 0.2) is 66.7 Å². The molecule has 110 valence electrons. The van der Waals surface area contributed by atoms with Crippen molar-refractivity contribution in [3.05, 3.63) is 82.9 Å². The van der Waals surface area contributed by atoms with Crippen LogP contribution < -0.4 is 5.32 Å². The summed E-state index contributed by atoms with van der Waals surface area (Å²) < 4.78 is 0. The van der Waals surface area contributed by atoms with Gasteiger partial charge in [0, 0.05) is 11.6 Å². The summed E-state index contributed by atoms with van der Waals surface area (Å²) >= 11 is 5.85. The van der Waals surface area contributed by atoms with Gasteiger partial charge in [0.05, 0.1) is 6.42 Å². The molecule has 0 aliphatic rings. The van der Waals surface area contributed by atoms with Gasteiger partial charge in [0.1, 0.15) is 0 Å². The number of fused-ring (bicyclic) bond motifs is 1. The first-order valence-corrected chi connectivity index (χ1v) is 7.58. The van der Waals surface area contributed by atoms with Crippen molar-refractivity contribution in [1.29, 1.82) is 0 Å². The number of hydrogen-bond acceptors (Lipinski definition) is 1. The highest BCUT2D eigenvalue weighted by atomic mass is 35.5. The molecule has 22 heavy (non-hydrogen) atoms. The summed E-state index contributed by atoms with van der Waals surface area (Å²) in [7, 11) is 0. The molecule has 3 rings (SSSR count). The van der Waals surface area contributed by atoms with Gasteiger partial charge in [0.25, 0.3) is 0 Å². The molecule has 0 saturated carbocycles. The molecule has 3 aromatic rings.